The average molecular weight is 480 g/mol. The predicted octanol–water partition coefficient (Wildman–Crippen LogP) is 4.24. The van der Waals surface area contributed by atoms with E-state index < -0.39 is 6.10 Å². The van der Waals surface area contributed by atoms with Gasteiger partial charge in [-0.1, -0.05) is 23.2 Å². The van der Waals surface area contributed by atoms with Gasteiger partial charge in [0.2, 0.25) is 0 Å². The molecule has 4 rings (SSSR count). The quantitative estimate of drug-likeness (QED) is 0.529. The molecule has 1 saturated heterocycles. The topological polar surface area (TPSA) is 74.7 Å². The second kappa shape index (κ2) is 10.1. The van der Waals surface area contributed by atoms with Gasteiger partial charge in [-0.05, 0) is 43.2 Å². The first-order valence-corrected chi connectivity index (χ1v) is 11.7. The lowest BCUT2D eigenvalue weighted by Crippen LogP contribution is -2.45. The molecular formula is C22H23Cl2N3O3S. The Bertz CT molecular complexity index is 1050. The summed E-state index contributed by atoms with van der Waals surface area (Å²) in [6.45, 7) is 2.35. The van der Waals surface area contributed by atoms with E-state index in [1.807, 2.05) is 18.2 Å². The van der Waals surface area contributed by atoms with Gasteiger partial charge in [-0.3, -0.25) is 4.79 Å². The van der Waals surface area contributed by atoms with Crippen LogP contribution >= 0.6 is 34.5 Å². The fourth-order valence-corrected chi connectivity index (χ4v) is 4.63. The number of nitrogens with one attached hydrogen (secondary N) is 1. The number of fused-ring (bicyclic) bond motifs is 1. The molecule has 0 unspecified atom stereocenters. The molecule has 1 aliphatic rings. The van der Waals surface area contributed by atoms with Gasteiger partial charge >= 0.3 is 0 Å². The Morgan fingerprint density at radius 3 is 2.81 bits per heavy atom. The lowest BCUT2D eigenvalue weighted by atomic mass is 10.1. The second-order valence-corrected chi connectivity index (χ2v) is 9.29. The molecule has 0 bridgehead atoms. The van der Waals surface area contributed by atoms with Crippen molar-refractivity contribution >= 4 is 50.7 Å². The minimum Gasteiger partial charge on any atom is -0.490 e. The molecular weight excluding hydrogens is 457 g/mol. The van der Waals surface area contributed by atoms with E-state index >= 15 is 0 Å². The van der Waals surface area contributed by atoms with Crippen molar-refractivity contribution in [2.75, 3.05) is 26.2 Å². The van der Waals surface area contributed by atoms with Crippen LogP contribution in [0, 0.1) is 0 Å². The van der Waals surface area contributed by atoms with Crippen LogP contribution in [0.25, 0.3) is 10.2 Å². The van der Waals surface area contributed by atoms with Crippen molar-refractivity contribution in [3.63, 3.8) is 0 Å². The van der Waals surface area contributed by atoms with Crippen molar-refractivity contribution in [1.29, 1.82) is 0 Å². The van der Waals surface area contributed by atoms with E-state index in [0.717, 1.165) is 36.1 Å². The fraction of sp³-hybridized carbons (Fsp3) is 0.364. The number of benzene rings is 2. The smallest absolute Gasteiger partial charge is 0.251 e. The van der Waals surface area contributed by atoms with Gasteiger partial charge < -0.3 is 20.1 Å². The highest BCUT2D eigenvalue weighted by Gasteiger charge is 2.22. The first-order chi connectivity index (χ1) is 15.0. The molecule has 164 valence electrons. The standard InChI is InChI=1S/C22H23Cl2N3O3S/c23-18-3-2-17(10-19(18)24)30-16-5-7-27(8-6-16)12-15(28)11-25-22(29)14-1-4-20-21(9-14)31-13-26-20/h1-4,9-10,13,15-16,28H,5-8,11-12H2,(H,25,29)/t15-/m1/s1. The molecule has 6 nitrogen and oxygen atoms in total. The summed E-state index contributed by atoms with van der Waals surface area (Å²) < 4.78 is 6.98. The third-order valence-corrected chi connectivity index (χ3v) is 6.82. The number of carbonyl (C=O) groups excluding carboxylic acids is 1. The van der Waals surface area contributed by atoms with Gasteiger partial charge in [0.1, 0.15) is 11.9 Å². The SMILES string of the molecule is O=C(NC[C@@H](O)CN1CCC(Oc2ccc(Cl)c(Cl)c2)CC1)c1ccc2ncsc2c1. The number of piperidine rings is 1. The summed E-state index contributed by atoms with van der Waals surface area (Å²) >= 11 is 13.5. The number of halogens is 2. The second-order valence-electron chi connectivity index (χ2n) is 7.59. The highest BCUT2D eigenvalue weighted by atomic mass is 35.5. The summed E-state index contributed by atoms with van der Waals surface area (Å²) in [6.07, 6.45) is 1.18. The summed E-state index contributed by atoms with van der Waals surface area (Å²) in [5.74, 6) is 0.523. The van der Waals surface area contributed by atoms with Gasteiger partial charge in [-0.25, -0.2) is 4.98 Å². The van der Waals surface area contributed by atoms with Gasteiger partial charge in [-0.2, -0.15) is 0 Å². The lowest BCUT2D eigenvalue weighted by Gasteiger charge is -2.33. The van der Waals surface area contributed by atoms with Crippen LogP contribution in [-0.2, 0) is 0 Å². The molecule has 0 saturated carbocycles. The predicted molar refractivity (Wildman–Crippen MR) is 125 cm³/mol. The van der Waals surface area contributed by atoms with Crippen LogP contribution in [0.1, 0.15) is 23.2 Å². The van der Waals surface area contributed by atoms with E-state index in [4.69, 9.17) is 27.9 Å². The fourth-order valence-electron chi connectivity index (χ4n) is 3.62. The van der Waals surface area contributed by atoms with Crippen LogP contribution in [0.4, 0.5) is 0 Å². The molecule has 3 aromatic rings. The minimum absolute atomic E-state index is 0.104. The molecule has 1 amide bonds. The molecule has 0 spiro atoms. The number of aliphatic hydroxyl groups is 1. The van der Waals surface area contributed by atoms with Crippen molar-refractivity contribution in [3.05, 3.63) is 57.5 Å². The lowest BCUT2D eigenvalue weighted by molar-refractivity contribution is 0.0594. The molecule has 9 heteroatoms. The number of hydrogen-bond acceptors (Lipinski definition) is 6. The number of amides is 1. The van der Waals surface area contributed by atoms with Gasteiger partial charge in [0, 0.05) is 37.8 Å². The van der Waals surface area contributed by atoms with E-state index in [1.54, 1.807) is 23.7 Å². The highest BCUT2D eigenvalue weighted by molar-refractivity contribution is 7.16. The average Bonchev–Trinajstić information content (AvgIpc) is 3.24. The number of carbonyl (C=O) groups is 1. The van der Waals surface area contributed by atoms with Gasteiger partial charge in [-0.15, -0.1) is 11.3 Å². The molecule has 2 aromatic carbocycles. The number of ether oxygens (including phenoxy) is 1. The number of β-amino-alcohol motifs (C(OH)–C–C–N with tert-alkyl or cyclic N) is 1. The molecule has 1 fully saturated rings. The van der Waals surface area contributed by atoms with E-state index in [0.29, 0.717) is 27.9 Å². The monoisotopic (exact) mass is 479 g/mol. The first kappa shape index (κ1) is 22.3. The van der Waals surface area contributed by atoms with Gasteiger partial charge in [0.05, 0.1) is 31.9 Å². The van der Waals surface area contributed by atoms with Gasteiger partial charge in [0.25, 0.3) is 5.91 Å². The highest BCUT2D eigenvalue weighted by Crippen LogP contribution is 2.28. The van der Waals surface area contributed by atoms with Gasteiger partial charge in [0.15, 0.2) is 0 Å². The molecule has 0 radical (unpaired) electrons. The van der Waals surface area contributed by atoms with E-state index in [1.165, 1.54) is 11.3 Å². The maximum Gasteiger partial charge on any atom is 0.251 e. The zero-order valence-electron chi connectivity index (χ0n) is 16.8. The number of rotatable bonds is 7. The zero-order chi connectivity index (χ0) is 21.8. The van der Waals surface area contributed by atoms with Crippen molar-refractivity contribution in [1.82, 2.24) is 15.2 Å². The Morgan fingerprint density at radius 1 is 1.23 bits per heavy atom. The van der Waals surface area contributed by atoms with E-state index in [-0.39, 0.29) is 18.6 Å². The maximum atomic E-state index is 12.4. The largest absolute Gasteiger partial charge is 0.490 e. The summed E-state index contributed by atoms with van der Waals surface area (Å²) in [5.41, 5.74) is 3.21. The maximum absolute atomic E-state index is 12.4. The molecule has 2 heterocycles. The number of nitrogens with zero attached hydrogens (tertiary/aromatic N) is 2. The summed E-state index contributed by atoms with van der Waals surface area (Å²) in [4.78, 5) is 18.8. The molecule has 2 N–H and O–H groups in total. The third kappa shape index (κ3) is 5.87. The minimum atomic E-state index is -0.636. The van der Waals surface area contributed by atoms with Crippen molar-refractivity contribution in [2.24, 2.45) is 0 Å². The molecule has 1 aromatic heterocycles. The summed E-state index contributed by atoms with van der Waals surface area (Å²) in [5, 5.41) is 14.2. The molecule has 1 atom stereocenters. The van der Waals surface area contributed by atoms with Crippen LogP contribution in [0.3, 0.4) is 0 Å². The number of aromatic nitrogens is 1. The Morgan fingerprint density at radius 2 is 2.03 bits per heavy atom. The summed E-state index contributed by atoms with van der Waals surface area (Å²) in [6, 6.07) is 10.7. The van der Waals surface area contributed by atoms with Crippen molar-refractivity contribution in [2.45, 2.75) is 25.0 Å². The number of thiazole rings is 1. The Hall–Kier alpha value is -1.90. The zero-order valence-corrected chi connectivity index (χ0v) is 19.1. The molecule has 0 aliphatic carbocycles. The van der Waals surface area contributed by atoms with E-state index in [2.05, 4.69) is 15.2 Å². The van der Waals surface area contributed by atoms with Crippen LogP contribution in [0.2, 0.25) is 10.0 Å². The van der Waals surface area contributed by atoms with E-state index in [9.17, 15) is 9.90 Å². The Balaban J connectivity index is 1.19. The molecule has 1 aliphatic heterocycles. The van der Waals surface area contributed by atoms with Crippen molar-refractivity contribution < 1.29 is 14.6 Å². The number of hydrogen-bond donors (Lipinski definition) is 2. The van der Waals surface area contributed by atoms with Crippen LogP contribution < -0.4 is 10.1 Å². The Kier molecular flexibility index (Phi) is 7.30. The van der Waals surface area contributed by atoms with Crippen LogP contribution in [-0.4, -0.2) is 59.3 Å². The number of aliphatic hydroxyl groups excluding tert-OH is 1. The third-order valence-electron chi connectivity index (χ3n) is 5.29. The number of likely N-dealkylation sites (tertiary alicyclic amines) is 1. The Labute approximate surface area is 194 Å². The molecule has 31 heavy (non-hydrogen) atoms. The van der Waals surface area contributed by atoms with Crippen LogP contribution in [0.15, 0.2) is 41.9 Å². The van der Waals surface area contributed by atoms with Crippen molar-refractivity contribution in [3.8, 4) is 5.75 Å². The summed E-state index contributed by atoms with van der Waals surface area (Å²) in [7, 11) is 0. The van der Waals surface area contributed by atoms with Crippen LogP contribution in [0.5, 0.6) is 5.75 Å². The normalized spacial score (nSPS) is 16.4. The first-order valence-electron chi connectivity index (χ1n) is 10.1.